The molecule has 2 heterocycles. The number of nitrogens with one attached hydrogen (secondary N) is 1. The second-order valence-electron chi connectivity index (χ2n) is 6.81. The third kappa shape index (κ3) is 4.04. The highest BCUT2D eigenvalue weighted by Gasteiger charge is 2.30. The minimum absolute atomic E-state index is 0. The van der Waals surface area contributed by atoms with E-state index in [0.29, 0.717) is 23.7 Å². The van der Waals surface area contributed by atoms with Gasteiger partial charge in [-0.1, -0.05) is 25.0 Å². The Labute approximate surface area is 144 Å². The molecule has 23 heavy (non-hydrogen) atoms. The van der Waals surface area contributed by atoms with Gasteiger partial charge in [-0.05, 0) is 44.7 Å². The molecule has 1 N–H and O–H groups in total. The minimum atomic E-state index is 0. The van der Waals surface area contributed by atoms with Gasteiger partial charge in [-0.15, -0.1) is 17.5 Å². The van der Waals surface area contributed by atoms with Crippen molar-refractivity contribution in [3.63, 3.8) is 0 Å². The molecule has 1 aliphatic heterocycles. The molecular formula is C16H28ClN5O. The Morgan fingerprint density at radius 1 is 1.26 bits per heavy atom. The summed E-state index contributed by atoms with van der Waals surface area (Å²) < 4.78 is 1.88. The van der Waals surface area contributed by atoms with Gasteiger partial charge in [0, 0.05) is 13.1 Å². The zero-order chi connectivity index (χ0) is 15.5. The fourth-order valence-electron chi connectivity index (χ4n) is 3.83. The van der Waals surface area contributed by atoms with E-state index < -0.39 is 0 Å². The molecule has 0 bridgehead atoms. The molecule has 1 aliphatic carbocycles. The molecular weight excluding hydrogens is 314 g/mol. The van der Waals surface area contributed by atoms with Crippen LogP contribution in [0.1, 0.15) is 62.0 Å². The van der Waals surface area contributed by atoms with Gasteiger partial charge in [-0.2, -0.15) is 0 Å². The van der Waals surface area contributed by atoms with Crippen LogP contribution in [0.3, 0.4) is 0 Å². The Morgan fingerprint density at radius 2 is 1.96 bits per heavy atom. The fraction of sp³-hybridized carbons (Fsp3) is 0.812. The average Bonchev–Trinajstić information content (AvgIpc) is 3.05. The summed E-state index contributed by atoms with van der Waals surface area (Å²) in [5.41, 5.74) is 0.485. The summed E-state index contributed by atoms with van der Waals surface area (Å²) in [6.07, 6.45) is 8.75. The van der Waals surface area contributed by atoms with Gasteiger partial charge in [-0.3, -0.25) is 4.79 Å². The van der Waals surface area contributed by atoms with Crippen molar-refractivity contribution in [2.75, 3.05) is 20.1 Å². The van der Waals surface area contributed by atoms with E-state index in [1.807, 2.05) is 22.8 Å². The molecule has 0 radical (unpaired) electrons. The van der Waals surface area contributed by atoms with Crippen LogP contribution in [0.2, 0.25) is 0 Å². The van der Waals surface area contributed by atoms with E-state index >= 15 is 0 Å². The zero-order valence-corrected chi connectivity index (χ0v) is 14.9. The first-order chi connectivity index (χ1) is 10.7. The number of aromatic nitrogens is 3. The predicted molar refractivity (Wildman–Crippen MR) is 91.9 cm³/mol. The third-order valence-electron chi connectivity index (χ3n) is 5.30. The monoisotopic (exact) mass is 341 g/mol. The van der Waals surface area contributed by atoms with Crippen molar-refractivity contribution in [3.05, 3.63) is 11.9 Å². The first-order valence-electron chi connectivity index (χ1n) is 8.56. The molecule has 1 amide bonds. The second kappa shape index (κ2) is 8.11. The normalized spacial score (nSPS) is 25.7. The van der Waals surface area contributed by atoms with Crippen molar-refractivity contribution in [1.82, 2.24) is 25.2 Å². The van der Waals surface area contributed by atoms with Crippen LogP contribution in [-0.4, -0.2) is 52.0 Å². The Kier molecular flexibility index (Phi) is 6.41. The Morgan fingerprint density at radius 3 is 2.65 bits per heavy atom. The molecule has 1 saturated carbocycles. The number of hydrogen-bond acceptors (Lipinski definition) is 4. The van der Waals surface area contributed by atoms with E-state index in [9.17, 15) is 4.79 Å². The molecule has 130 valence electrons. The van der Waals surface area contributed by atoms with Crippen molar-refractivity contribution in [2.24, 2.45) is 5.92 Å². The van der Waals surface area contributed by atoms with Crippen LogP contribution < -0.4 is 5.32 Å². The van der Waals surface area contributed by atoms with Gasteiger partial charge in [0.2, 0.25) is 0 Å². The third-order valence-corrected chi connectivity index (χ3v) is 5.30. The van der Waals surface area contributed by atoms with E-state index in [-0.39, 0.29) is 18.3 Å². The van der Waals surface area contributed by atoms with Crippen molar-refractivity contribution >= 4 is 18.3 Å². The number of hydrogen-bond donors (Lipinski definition) is 1. The van der Waals surface area contributed by atoms with Crippen LogP contribution in [0.4, 0.5) is 0 Å². The molecule has 3 rings (SSSR count). The van der Waals surface area contributed by atoms with Gasteiger partial charge in [0.15, 0.2) is 5.69 Å². The largest absolute Gasteiger partial charge is 0.337 e. The van der Waals surface area contributed by atoms with Crippen LogP contribution in [-0.2, 0) is 0 Å². The number of piperidine rings is 1. The molecule has 0 spiro atoms. The maximum atomic E-state index is 12.7. The molecule has 1 aromatic rings. The molecule has 1 aromatic heterocycles. The van der Waals surface area contributed by atoms with Gasteiger partial charge >= 0.3 is 0 Å². The minimum Gasteiger partial charge on any atom is -0.337 e. The lowest BCUT2D eigenvalue weighted by atomic mass is 9.85. The lowest BCUT2D eigenvalue weighted by Crippen LogP contribution is -2.42. The zero-order valence-electron chi connectivity index (χ0n) is 14.1. The fourth-order valence-corrected chi connectivity index (χ4v) is 3.83. The Balaban J connectivity index is 0.00000192. The first-order valence-corrected chi connectivity index (χ1v) is 8.56. The van der Waals surface area contributed by atoms with Crippen molar-refractivity contribution < 1.29 is 4.79 Å². The summed E-state index contributed by atoms with van der Waals surface area (Å²) in [4.78, 5) is 14.6. The summed E-state index contributed by atoms with van der Waals surface area (Å²) in [7, 11) is 1.92. The lowest BCUT2D eigenvalue weighted by Gasteiger charge is -2.35. The highest BCUT2D eigenvalue weighted by Crippen LogP contribution is 2.28. The van der Waals surface area contributed by atoms with Gasteiger partial charge in [-0.25, -0.2) is 4.68 Å². The Hall–Kier alpha value is -1.14. The second-order valence-corrected chi connectivity index (χ2v) is 6.81. The molecule has 2 aliphatic rings. The molecule has 6 nitrogen and oxygen atoms in total. The smallest absolute Gasteiger partial charge is 0.276 e. The van der Waals surface area contributed by atoms with E-state index in [0.717, 1.165) is 32.4 Å². The van der Waals surface area contributed by atoms with Crippen molar-refractivity contribution in [2.45, 2.75) is 57.5 Å². The molecule has 2 unspecified atom stereocenters. The number of carbonyl (C=O) groups excluding carboxylic acids is 1. The SMILES string of the molecule is CC1CCCCC1N(C)C(=O)c1cn(C2CCNCC2)nn1.Cl. The molecule has 0 aromatic carbocycles. The summed E-state index contributed by atoms with van der Waals surface area (Å²) >= 11 is 0. The predicted octanol–water partition coefficient (Wildman–Crippen LogP) is 2.28. The number of rotatable bonds is 3. The quantitative estimate of drug-likeness (QED) is 0.916. The van der Waals surface area contributed by atoms with Crippen LogP contribution in [0, 0.1) is 5.92 Å². The van der Waals surface area contributed by atoms with E-state index in [4.69, 9.17) is 0 Å². The van der Waals surface area contributed by atoms with Crippen molar-refractivity contribution in [3.8, 4) is 0 Å². The number of halogens is 1. The van der Waals surface area contributed by atoms with Crippen LogP contribution >= 0.6 is 12.4 Å². The summed E-state index contributed by atoms with van der Waals surface area (Å²) in [5.74, 6) is 0.584. The molecule has 1 saturated heterocycles. The number of amides is 1. The summed E-state index contributed by atoms with van der Waals surface area (Å²) in [5, 5.41) is 11.7. The topological polar surface area (TPSA) is 63.1 Å². The highest BCUT2D eigenvalue weighted by atomic mass is 35.5. The highest BCUT2D eigenvalue weighted by molar-refractivity contribution is 5.92. The molecule has 7 heteroatoms. The maximum absolute atomic E-state index is 12.7. The first kappa shape index (κ1) is 18.2. The van der Waals surface area contributed by atoms with E-state index in [1.165, 1.54) is 19.3 Å². The van der Waals surface area contributed by atoms with Gasteiger partial charge < -0.3 is 10.2 Å². The van der Waals surface area contributed by atoms with E-state index in [1.54, 1.807) is 0 Å². The standard InChI is InChI=1S/C16H27N5O.ClH/c1-12-5-3-4-6-15(12)20(2)16(22)14-11-21(19-18-14)13-7-9-17-10-8-13;/h11-13,15,17H,3-10H2,1-2H3;1H. The average molecular weight is 342 g/mol. The van der Waals surface area contributed by atoms with Gasteiger partial charge in [0.05, 0.1) is 12.2 Å². The van der Waals surface area contributed by atoms with E-state index in [2.05, 4.69) is 22.6 Å². The molecule has 2 atom stereocenters. The number of nitrogens with zero attached hydrogens (tertiary/aromatic N) is 4. The van der Waals surface area contributed by atoms with Crippen LogP contribution in [0.15, 0.2) is 6.20 Å². The summed E-state index contributed by atoms with van der Waals surface area (Å²) in [6, 6.07) is 0.708. The van der Waals surface area contributed by atoms with Crippen molar-refractivity contribution in [1.29, 1.82) is 0 Å². The number of carbonyl (C=O) groups is 1. The lowest BCUT2D eigenvalue weighted by molar-refractivity contribution is 0.0623. The van der Waals surface area contributed by atoms with Crippen LogP contribution in [0.5, 0.6) is 0 Å². The van der Waals surface area contributed by atoms with Crippen LogP contribution in [0.25, 0.3) is 0 Å². The van der Waals surface area contributed by atoms with Gasteiger partial charge in [0.25, 0.3) is 5.91 Å². The Bertz CT molecular complexity index is 514. The summed E-state index contributed by atoms with van der Waals surface area (Å²) in [6.45, 7) is 4.26. The maximum Gasteiger partial charge on any atom is 0.276 e. The molecule has 2 fully saturated rings. The van der Waals surface area contributed by atoms with Gasteiger partial charge in [0.1, 0.15) is 0 Å².